The minimum absolute atomic E-state index is 0.266. The van der Waals surface area contributed by atoms with Gasteiger partial charge in [-0.15, -0.1) is 0 Å². The minimum Gasteiger partial charge on any atom is -0.480 e. The number of carbonyl (C=O) groups is 1. The number of carboxylic acid groups (broad SMARTS) is 1. The zero-order chi connectivity index (χ0) is 14.9. The van der Waals surface area contributed by atoms with Gasteiger partial charge in [-0.3, -0.25) is 0 Å². The van der Waals surface area contributed by atoms with Crippen molar-refractivity contribution in [2.45, 2.75) is 37.1 Å². The van der Waals surface area contributed by atoms with E-state index in [9.17, 15) is 18.3 Å². The van der Waals surface area contributed by atoms with Gasteiger partial charge in [0, 0.05) is 18.5 Å². The molecule has 1 aliphatic rings. The Kier molecular flexibility index (Phi) is 4.04. The Bertz CT molecular complexity index is 624. The highest BCUT2D eigenvalue weighted by Crippen LogP contribution is 2.29. The molecule has 6 heteroatoms. The van der Waals surface area contributed by atoms with Crippen molar-refractivity contribution in [3.8, 4) is 0 Å². The molecule has 1 aromatic carbocycles. The third-order valence-corrected chi connectivity index (χ3v) is 4.80. The van der Waals surface area contributed by atoms with Crippen molar-refractivity contribution in [3.63, 3.8) is 0 Å². The first-order valence-corrected chi connectivity index (χ1v) is 8.50. The van der Waals surface area contributed by atoms with Gasteiger partial charge in [0.2, 0.25) is 0 Å². The second-order valence-corrected chi connectivity index (χ2v) is 7.28. The smallest absolute Gasteiger partial charge is 0.326 e. The Morgan fingerprint density at radius 1 is 1.35 bits per heavy atom. The summed E-state index contributed by atoms with van der Waals surface area (Å²) in [6, 6.07) is 4.35. The summed E-state index contributed by atoms with van der Waals surface area (Å²) in [4.78, 5) is 13.5. The van der Waals surface area contributed by atoms with E-state index >= 15 is 0 Å². The summed E-state index contributed by atoms with van der Waals surface area (Å²) in [7, 11) is -3.24. The average molecular weight is 297 g/mol. The van der Waals surface area contributed by atoms with Crippen LogP contribution >= 0.6 is 0 Å². The molecule has 1 saturated heterocycles. The van der Waals surface area contributed by atoms with E-state index in [0.29, 0.717) is 13.0 Å². The van der Waals surface area contributed by atoms with E-state index in [0.717, 1.165) is 24.1 Å². The van der Waals surface area contributed by atoms with Crippen LogP contribution in [0.4, 0.5) is 5.69 Å². The molecule has 1 aliphatic heterocycles. The number of piperidine rings is 1. The van der Waals surface area contributed by atoms with Crippen LogP contribution in [0, 0.1) is 6.92 Å². The van der Waals surface area contributed by atoms with Crippen molar-refractivity contribution in [1.29, 1.82) is 0 Å². The minimum atomic E-state index is -3.24. The van der Waals surface area contributed by atoms with E-state index in [1.807, 2.05) is 11.8 Å². The third-order valence-electron chi connectivity index (χ3n) is 3.69. The van der Waals surface area contributed by atoms with E-state index in [4.69, 9.17) is 0 Å². The predicted octanol–water partition coefficient (Wildman–Crippen LogP) is 1.84. The topological polar surface area (TPSA) is 74.7 Å². The summed E-state index contributed by atoms with van der Waals surface area (Å²) in [5, 5.41) is 9.31. The lowest BCUT2D eigenvalue weighted by molar-refractivity contribution is -0.139. The number of rotatable bonds is 3. The number of aliphatic carboxylic acids is 1. The molecule has 1 N–H and O–H groups in total. The first-order valence-electron chi connectivity index (χ1n) is 6.61. The quantitative estimate of drug-likeness (QED) is 0.921. The molecule has 0 spiro atoms. The van der Waals surface area contributed by atoms with Crippen LogP contribution in [0.25, 0.3) is 0 Å². The summed E-state index contributed by atoms with van der Waals surface area (Å²) >= 11 is 0. The van der Waals surface area contributed by atoms with Crippen molar-refractivity contribution in [3.05, 3.63) is 23.8 Å². The molecule has 0 bridgehead atoms. The van der Waals surface area contributed by atoms with Crippen LogP contribution in [0.3, 0.4) is 0 Å². The molecule has 0 aromatic heterocycles. The molecule has 0 saturated carbocycles. The average Bonchev–Trinajstić information content (AvgIpc) is 2.37. The normalized spacial score (nSPS) is 19.9. The largest absolute Gasteiger partial charge is 0.480 e. The van der Waals surface area contributed by atoms with Gasteiger partial charge in [-0.25, -0.2) is 13.2 Å². The van der Waals surface area contributed by atoms with E-state index in [2.05, 4.69) is 0 Å². The molecule has 1 unspecified atom stereocenters. The molecule has 2 rings (SSSR count). The van der Waals surface area contributed by atoms with E-state index in [-0.39, 0.29) is 4.90 Å². The van der Waals surface area contributed by atoms with E-state index < -0.39 is 21.8 Å². The van der Waals surface area contributed by atoms with Crippen LogP contribution in [0.5, 0.6) is 0 Å². The molecule has 1 aromatic rings. The number of hydrogen-bond acceptors (Lipinski definition) is 4. The molecule has 0 radical (unpaired) electrons. The molecule has 5 nitrogen and oxygen atoms in total. The number of anilines is 1. The van der Waals surface area contributed by atoms with Crippen molar-refractivity contribution >= 4 is 21.5 Å². The summed E-state index contributed by atoms with van der Waals surface area (Å²) < 4.78 is 23.1. The van der Waals surface area contributed by atoms with Gasteiger partial charge in [-0.1, -0.05) is 0 Å². The lowest BCUT2D eigenvalue weighted by Gasteiger charge is -2.35. The highest BCUT2D eigenvalue weighted by molar-refractivity contribution is 7.90. The summed E-state index contributed by atoms with van der Waals surface area (Å²) in [5.41, 5.74) is 1.60. The number of hydrogen-bond donors (Lipinski definition) is 1. The standard InChI is InChI=1S/C14H19NO4S/c1-10-9-11(20(2,18)19)6-7-12(10)15-8-4-3-5-13(15)14(16)17/h6-7,9,13H,3-5,8H2,1-2H3,(H,16,17). The Balaban J connectivity index is 2.39. The summed E-state index contributed by atoms with van der Waals surface area (Å²) in [6.07, 6.45) is 3.66. The fourth-order valence-corrected chi connectivity index (χ4v) is 3.36. The Morgan fingerprint density at radius 2 is 2.05 bits per heavy atom. The number of nitrogens with zero attached hydrogens (tertiary/aromatic N) is 1. The SMILES string of the molecule is Cc1cc(S(C)(=O)=O)ccc1N1CCCCC1C(=O)O. The second-order valence-electron chi connectivity index (χ2n) is 5.26. The van der Waals surface area contributed by atoms with Crippen molar-refractivity contribution in [1.82, 2.24) is 0 Å². The molecule has 110 valence electrons. The highest BCUT2D eigenvalue weighted by Gasteiger charge is 2.29. The third kappa shape index (κ3) is 2.95. The van der Waals surface area contributed by atoms with Gasteiger partial charge in [-0.05, 0) is 49.9 Å². The van der Waals surface area contributed by atoms with Crippen LogP contribution in [0.1, 0.15) is 24.8 Å². The maximum Gasteiger partial charge on any atom is 0.326 e. The van der Waals surface area contributed by atoms with E-state index in [1.54, 1.807) is 18.2 Å². The molecule has 1 atom stereocenters. The molecular formula is C14H19NO4S. The number of carboxylic acids is 1. The summed E-state index contributed by atoms with van der Waals surface area (Å²) in [6.45, 7) is 2.51. The number of benzene rings is 1. The summed E-state index contributed by atoms with van der Waals surface area (Å²) in [5.74, 6) is -0.823. The Morgan fingerprint density at radius 3 is 2.60 bits per heavy atom. The van der Waals surface area contributed by atoms with Crippen LogP contribution in [-0.2, 0) is 14.6 Å². The second kappa shape index (κ2) is 5.44. The van der Waals surface area contributed by atoms with Crippen LogP contribution < -0.4 is 4.90 Å². The first kappa shape index (κ1) is 14.8. The fourth-order valence-electron chi connectivity index (χ4n) is 2.66. The highest BCUT2D eigenvalue weighted by atomic mass is 32.2. The monoisotopic (exact) mass is 297 g/mol. The molecule has 1 heterocycles. The maximum atomic E-state index is 11.5. The molecule has 20 heavy (non-hydrogen) atoms. The number of sulfone groups is 1. The van der Waals surface area contributed by atoms with Crippen molar-refractivity contribution in [2.24, 2.45) is 0 Å². The van der Waals surface area contributed by atoms with Gasteiger partial charge >= 0.3 is 5.97 Å². The lowest BCUT2D eigenvalue weighted by Crippen LogP contribution is -2.45. The molecule has 1 fully saturated rings. The lowest BCUT2D eigenvalue weighted by atomic mass is 10.00. The number of aryl methyl sites for hydroxylation is 1. The molecular weight excluding hydrogens is 278 g/mol. The Hall–Kier alpha value is -1.56. The van der Waals surface area contributed by atoms with Gasteiger partial charge in [0.1, 0.15) is 6.04 Å². The maximum absolute atomic E-state index is 11.5. The van der Waals surface area contributed by atoms with Crippen LogP contribution in [0.15, 0.2) is 23.1 Å². The Labute approximate surface area is 119 Å². The van der Waals surface area contributed by atoms with E-state index in [1.165, 1.54) is 6.26 Å². The van der Waals surface area contributed by atoms with Gasteiger partial charge in [0.25, 0.3) is 0 Å². The van der Waals surface area contributed by atoms with Crippen molar-refractivity contribution in [2.75, 3.05) is 17.7 Å². The van der Waals surface area contributed by atoms with Gasteiger partial charge in [0.15, 0.2) is 9.84 Å². The van der Waals surface area contributed by atoms with Gasteiger partial charge < -0.3 is 10.0 Å². The predicted molar refractivity (Wildman–Crippen MR) is 76.9 cm³/mol. The van der Waals surface area contributed by atoms with Gasteiger partial charge in [0.05, 0.1) is 4.90 Å². The van der Waals surface area contributed by atoms with Crippen LogP contribution in [-0.4, -0.2) is 38.3 Å². The molecule has 0 amide bonds. The van der Waals surface area contributed by atoms with Crippen molar-refractivity contribution < 1.29 is 18.3 Å². The molecule has 0 aliphatic carbocycles. The zero-order valence-electron chi connectivity index (χ0n) is 11.7. The first-order chi connectivity index (χ1) is 9.30. The van der Waals surface area contributed by atoms with Crippen LogP contribution in [0.2, 0.25) is 0 Å². The van der Waals surface area contributed by atoms with Gasteiger partial charge in [-0.2, -0.15) is 0 Å². The fraction of sp³-hybridized carbons (Fsp3) is 0.500. The zero-order valence-corrected chi connectivity index (χ0v) is 12.5.